The number of nitrogens with zero attached hydrogens (tertiary/aromatic N) is 2. The molecule has 0 radical (unpaired) electrons. The van der Waals surface area contributed by atoms with Crippen molar-refractivity contribution in [2.75, 3.05) is 33.2 Å². The Morgan fingerprint density at radius 3 is 2.71 bits per heavy atom. The van der Waals surface area contributed by atoms with E-state index in [1.165, 1.54) is 0 Å². The first-order valence-electron chi connectivity index (χ1n) is 7.65. The zero-order chi connectivity index (χ0) is 15.0. The molecule has 4 nitrogen and oxygen atoms in total. The van der Waals surface area contributed by atoms with Gasteiger partial charge in [-0.05, 0) is 33.0 Å². The summed E-state index contributed by atoms with van der Waals surface area (Å²) in [6.45, 7) is 8.24. The lowest BCUT2D eigenvalue weighted by Gasteiger charge is -2.47. The number of hydrogen-bond acceptors (Lipinski definition) is 4. The van der Waals surface area contributed by atoms with Gasteiger partial charge in [0, 0.05) is 37.1 Å². The van der Waals surface area contributed by atoms with Crippen LogP contribution in [-0.2, 0) is 0 Å². The molecule has 1 aromatic heterocycles. The monoisotopic (exact) mass is 287 g/mol. The number of rotatable bonds is 3. The first kappa shape index (κ1) is 14.6. The van der Waals surface area contributed by atoms with E-state index in [-0.39, 0.29) is 11.6 Å². The van der Waals surface area contributed by atoms with E-state index in [2.05, 4.69) is 42.8 Å². The minimum atomic E-state index is 0.158. The molecule has 1 saturated heterocycles. The number of piperazine rings is 1. The highest BCUT2D eigenvalue weighted by Gasteiger charge is 2.35. The molecule has 21 heavy (non-hydrogen) atoms. The fourth-order valence-electron chi connectivity index (χ4n) is 3.16. The molecule has 114 valence electrons. The molecule has 0 spiro atoms. The van der Waals surface area contributed by atoms with Crippen LogP contribution in [0.1, 0.15) is 25.6 Å². The molecule has 2 N–H and O–H groups in total. The van der Waals surface area contributed by atoms with Crippen molar-refractivity contribution in [1.29, 1.82) is 0 Å². The second kappa shape index (κ2) is 5.44. The lowest BCUT2D eigenvalue weighted by Crippen LogP contribution is -2.58. The predicted molar refractivity (Wildman–Crippen MR) is 86.3 cm³/mol. The first-order chi connectivity index (χ1) is 10.0. The number of nitrogens with two attached hydrogens (primary N) is 1. The first-order valence-corrected chi connectivity index (χ1v) is 7.65. The predicted octanol–water partition coefficient (Wildman–Crippen LogP) is 2.46. The number of fused-ring (bicyclic) bond motifs is 1. The summed E-state index contributed by atoms with van der Waals surface area (Å²) in [5, 5.41) is 1.15. The third-order valence-electron chi connectivity index (χ3n) is 4.78. The summed E-state index contributed by atoms with van der Waals surface area (Å²) in [5.74, 6) is 0.985. The molecule has 1 aliphatic heterocycles. The number of benzene rings is 1. The van der Waals surface area contributed by atoms with E-state index in [9.17, 15) is 0 Å². The molecular formula is C17H25N3O. The fourth-order valence-corrected chi connectivity index (χ4v) is 3.16. The highest BCUT2D eigenvalue weighted by molar-refractivity contribution is 5.77. The van der Waals surface area contributed by atoms with Gasteiger partial charge in [0.25, 0.3) is 0 Å². The topological polar surface area (TPSA) is 45.6 Å². The van der Waals surface area contributed by atoms with Crippen LogP contribution in [0.25, 0.3) is 11.0 Å². The molecule has 2 heterocycles. The van der Waals surface area contributed by atoms with Crippen molar-refractivity contribution >= 4 is 11.0 Å². The maximum atomic E-state index is 6.07. The average Bonchev–Trinajstić information content (AvgIpc) is 2.86. The summed E-state index contributed by atoms with van der Waals surface area (Å²) in [5.41, 5.74) is 7.17. The SMILES string of the molecule is CN1CCN(C(CN)c2cc3ccccc3o2)CC1(C)C. The molecule has 1 atom stereocenters. The van der Waals surface area contributed by atoms with Crippen LogP contribution in [0, 0.1) is 0 Å². The second-order valence-electron chi connectivity index (χ2n) is 6.64. The average molecular weight is 287 g/mol. The van der Waals surface area contributed by atoms with Crippen LogP contribution in [0.4, 0.5) is 0 Å². The summed E-state index contributed by atoms with van der Waals surface area (Å²) in [7, 11) is 2.19. The van der Waals surface area contributed by atoms with Crippen LogP contribution in [0.15, 0.2) is 34.7 Å². The summed E-state index contributed by atoms with van der Waals surface area (Å²) in [4.78, 5) is 4.87. The zero-order valence-electron chi connectivity index (χ0n) is 13.2. The van der Waals surface area contributed by atoms with Crippen LogP contribution in [0.2, 0.25) is 0 Å². The summed E-state index contributed by atoms with van der Waals surface area (Å²) in [6, 6.07) is 10.4. The van der Waals surface area contributed by atoms with Crippen LogP contribution in [0.3, 0.4) is 0 Å². The van der Waals surface area contributed by atoms with Crippen molar-refractivity contribution in [2.24, 2.45) is 5.73 Å². The quantitative estimate of drug-likeness (QED) is 0.942. The normalized spacial score (nSPS) is 21.7. The molecule has 0 aliphatic carbocycles. The second-order valence-corrected chi connectivity index (χ2v) is 6.64. The van der Waals surface area contributed by atoms with Crippen LogP contribution < -0.4 is 5.73 Å². The lowest BCUT2D eigenvalue weighted by molar-refractivity contribution is 0.0137. The van der Waals surface area contributed by atoms with Gasteiger partial charge >= 0.3 is 0 Å². The van der Waals surface area contributed by atoms with Crippen LogP contribution >= 0.6 is 0 Å². The summed E-state index contributed by atoms with van der Waals surface area (Å²) in [6.07, 6.45) is 0. The zero-order valence-corrected chi connectivity index (χ0v) is 13.2. The summed E-state index contributed by atoms with van der Waals surface area (Å²) < 4.78 is 6.03. The van der Waals surface area contributed by atoms with Crippen molar-refractivity contribution in [2.45, 2.75) is 25.4 Å². The van der Waals surface area contributed by atoms with Gasteiger partial charge in [0.05, 0.1) is 6.04 Å². The fraction of sp³-hybridized carbons (Fsp3) is 0.529. The Morgan fingerprint density at radius 1 is 1.29 bits per heavy atom. The Balaban J connectivity index is 1.88. The standard InChI is InChI=1S/C17H25N3O/c1-17(2)12-20(9-8-19(17)3)14(11-18)16-10-13-6-4-5-7-15(13)21-16/h4-7,10,14H,8-9,11-12,18H2,1-3H3. The number of hydrogen-bond donors (Lipinski definition) is 1. The molecular weight excluding hydrogens is 262 g/mol. The molecule has 1 aromatic carbocycles. The van der Waals surface area contributed by atoms with Gasteiger partial charge < -0.3 is 10.2 Å². The third-order valence-corrected chi connectivity index (χ3v) is 4.78. The van der Waals surface area contributed by atoms with Crippen molar-refractivity contribution in [3.8, 4) is 0 Å². The minimum absolute atomic E-state index is 0.158. The Kier molecular flexibility index (Phi) is 3.78. The van der Waals surface area contributed by atoms with E-state index >= 15 is 0 Å². The largest absolute Gasteiger partial charge is 0.459 e. The van der Waals surface area contributed by atoms with Gasteiger partial charge in [0.2, 0.25) is 0 Å². The van der Waals surface area contributed by atoms with Crippen LogP contribution in [0.5, 0.6) is 0 Å². The van der Waals surface area contributed by atoms with Gasteiger partial charge in [0.1, 0.15) is 11.3 Å². The van der Waals surface area contributed by atoms with Crippen LogP contribution in [-0.4, -0.2) is 48.6 Å². The van der Waals surface area contributed by atoms with Gasteiger partial charge in [0.15, 0.2) is 0 Å². The van der Waals surface area contributed by atoms with Crippen molar-refractivity contribution < 1.29 is 4.42 Å². The number of para-hydroxylation sites is 1. The Morgan fingerprint density at radius 2 is 2.05 bits per heavy atom. The van der Waals surface area contributed by atoms with Gasteiger partial charge in [-0.1, -0.05) is 18.2 Å². The minimum Gasteiger partial charge on any atom is -0.459 e. The van der Waals surface area contributed by atoms with E-state index in [0.717, 1.165) is 36.4 Å². The molecule has 1 aliphatic rings. The lowest BCUT2D eigenvalue weighted by atomic mass is 9.97. The molecule has 2 aromatic rings. The van der Waals surface area contributed by atoms with Gasteiger partial charge in [-0.25, -0.2) is 0 Å². The molecule has 4 heteroatoms. The third kappa shape index (κ3) is 2.71. The van der Waals surface area contributed by atoms with Crippen molar-refractivity contribution in [3.63, 3.8) is 0 Å². The number of likely N-dealkylation sites (N-methyl/N-ethyl adjacent to an activating group) is 1. The van der Waals surface area contributed by atoms with Crippen molar-refractivity contribution in [3.05, 3.63) is 36.1 Å². The Hall–Kier alpha value is -1.36. The van der Waals surface area contributed by atoms with Gasteiger partial charge in [-0.2, -0.15) is 0 Å². The highest BCUT2D eigenvalue weighted by Crippen LogP contribution is 2.30. The van der Waals surface area contributed by atoms with E-state index < -0.39 is 0 Å². The van der Waals surface area contributed by atoms with Gasteiger partial charge in [-0.15, -0.1) is 0 Å². The maximum absolute atomic E-state index is 6.07. The van der Waals surface area contributed by atoms with Gasteiger partial charge in [-0.3, -0.25) is 9.80 Å². The Labute approximate surface area is 126 Å². The van der Waals surface area contributed by atoms with E-state index in [1.54, 1.807) is 0 Å². The Bertz CT molecular complexity index is 586. The molecule has 0 amide bonds. The molecule has 1 unspecified atom stereocenters. The molecule has 3 rings (SSSR count). The summed E-state index contributed by atoms with van der Waals surface area (Å²) >= 11 is 0. The molecule has 1 fully saturated rings. The highest BCUT2D eigenvalue weighted by atomic mass is 16.3. The smallest absolute Gasteiger partial charge is 0.134 e. The maximum Gasteiger partial charge on any atom is 0.134 e. The van der Waals surface area contributed by atoms with E-state index in [0.29, 0.717) is 6.54 Å². The molecule has 0 bridgehead atoms. The van der Waals surface area contributed by atoms with E-state index in [1.807, 2.05) is 18.2 Å². The molecule has 0 saturated carbocycles. The van der Waals surface area contributed by atoms with E-state index in [4.69, 9.17) is 10.2 Å². The number of furan rings is 1. The van der Waals surface area contributed by atoms with Crippen molar-refractivity contribution in [1.82, 2.24) is 9.80 Å².